The van der Waals surface area contributed by atoms with Gasteiger partial charge < -0.3 is 10.1 Å². The van der Waals surface area contributed by atoms with Crippen LogP contribution in [0.2, 0.25) is 0 Å². The van der Waals surface area contributed by atoms with Gasteiger partial charge in [-0.1, -0.05) is 6.92 Å². The Bertz CT molecular complexity index is 548. The average Bonchev–Trinajstić information content (AvgIpc) is 2.87. The van der Waals surface area contributed by atoms with Crippen molar-refractivity contribution in [1.29, 1.82) is 0 Å². The zero-order valence-electron chi connectivity index (χ0n) is 12.8. The van der Waals surface area contributed by atoms with E-state index in [4.69, 9.17) is 4.74 Å². The van der Waals surface area contributed by atoms with Crippen LogP contribution < -0.4 is 5.32 Å². The summed E-state index contributed by atoms with van der Waals surface area (Å²) < 4.78 is 32.6. The SMILES string of the molecule is CCCNCc1cn[nH]c1S(=O)(=O)N1C[C@@H](C)O[C@@H](C)C1. The Morgan fingerprint density at radius 3 is 2.71 bits per heavy atom. The molecule has 1 aliphatic rings. The Labute approximate surface area is 126 Å². The quantitative estimate of drug-likeness (QED) is 0.755. The van der Waals surface area contributed by atoms with E-state index in [1.165, 1.54) is 4.31 Å². The summed E-state index contributed by atoms with van der Waals surface area (Å²) in [4.78, 5) is 0. The standard InChI is InChI=1S/C13H24N4O3S/c1-4-5-14-6-12-7-15-16-13(12)21(18,19)17-8-10(2)20-11(3)9-17/h7,10-11,14H,4-6,8-9H2,1-3H3,(H,15,16)/t10-,11+. The van der Waals surface area contributed by atoms with Gasteiger partial charge in [-0.15, -0.1) is 0 Å². The lowest BCUT2D eigenvalue weighted by molar-refractivity contribution is -0.0441. The average molecular weight is 316 g/mol. The number of sulfonamides is 1. The molecular weight excluding hydrogens is 292 g/mol. The van der Waals surface area contributed by atoms with Crippen molar-refractivity contribution in [3.8, 4) is 0 Å². The first kappa shape index (κ1) is 16.4. The molecule has 1 aromatic heterocycles. The summed E-state index contributed by atoms with van der Waals surface area (Å²) in [6, 6.07) is 0. The number of hydrogen-bond donors (Lipinski definition) is 2. The predicted octanol–water partition coefficient (Wildman–Crippen LogP) is 0.707. The second-order valence-electron chi connectivity index (χ2n) is 5.48. The Morgan fingerprint density at radius 2 is 2.10 bits per heavy atom. The molecule has 2 heterocycles. The van der Waals surface area contributed by atoms with E-state index >= 15 is 0 Å². The summed E-state index contributed by atoms with van der Waals surface area (Å²) in [5.74, 6) is 0. The van der Waals surface area contributed by atoms with Gasteiger partial charge >= 0.3 is 0 Å². The largest absolute Gasteiger partial charge is 0.373 e. The topological polar surface area (TPSA) is 87.3 Å². The summed E-state index contributed by atoms with van der Waals surface area (Å²) >= 11 is 0. The molecule has 7 nitrogen and oxygen atoms in total. The molecule has 0 unspecified atom stereocenters. The molecule has 2 atom stereocenters. The normalized spacial score (nSPS) is 24.3. The van der Waals surface area contributed by atoms with Gasteiger partial charge in [-0.2, -0.15) is 9.40 Å². The minimum atomic E-state index is -3.56. The first-order valence-corrected chi connectivity index (χ1v) is 8.77. The molecule has 1 aromatic rings. The summed E-state index contributed by atoms with van der Waals surface area (Å²) in [6.07, 6.45) is 2.36. The molecular formula is C13H24N4O3S. The van der Waals surface area contributed by atoms with E-state index in [2.05, 4.69) is 22.4 Å². The van der Waals surface area contributed by atoms with Gasteiger partial charge in [-0.25, -0.2) is 8.42 Å². The third-order valence-electron chi connectivity index (χ3n) is 3.40. The first-order valence-electron chi connectivity index (χ1n) is 7.33. The number of ether oxygens (including phenoxy) is 1. The molecule has 0 spiro atoms. The summed E-state index contributed by atoms with van der Waals surface area (Å²) in [7, 11) is -3.56. The fraction of sp³-hybridized carbons (Fsp3) is 0.769. The van der Waals surface area contributed by atoms with Gasteiger partial charge in [-0.3, -0.25) is 5.10 Å². The highest BCUT2D eigenvalue weighted by Gasteiger charge is 2.34. The Morgan fingerprint density at radius 1 is 1.43 bits per heavy atom. The molecule has 8 heteroatoms. The van der Waals surface area contributed by atoms with Crippen LogP contribution in [0.4, 0.5) is 0 Å². The third-order valence-corrected chi connectivity index (χ3v) is 5.25. The molecule has 1 fully saturated rings. The van der Waals surface area contributed by atoms with Crippen LogP contribution in [0.5, 0.6) is 0 Å². The maximum absolute atomic E-state index is 12.8. The third kappa shape index (κ3) is 3.82. The van der Waals surface area contributed by atoms with E-state index in [9.17, 15) is 8.42 Å². The van der Waals surface area contributed by atoms with Crippen LogP contribution in [0.1, 0.15) is 32.8 Å². The van der Waals surface area contributed by atoms with Crippen molar-refractivity contribution in [2.24, 2.45) is 0 Å². The molecule has 0 radical (unpaired) electrons. The van der Waals surface area contributed by atoms with Gasteiger partial charge in [0.1, 0.15) is 0 Å². The monoisotopic (exact) mass is 316 g/mol. The highest BCUT2D eigenvalue weighted by atomic mass is 32.2. The second-order valence-corrected chi connectivity index (χ2v) is 7.36. The summed E-state index contributed by atoms with van der Waals surface area (Å²) in [5.41, 5.74) is 0.676. The molecule has 0 bridgehead atoms. The summed E-state index contributed by atoms with van der Waals surface area (Å²) in [6.45, 7) is 7.91. The molecule has 0 aliphatic carbocycles. The minimum absolute atomic E-state index is 0.104. The van der Waals surface area contributed by atoms with Crippen molar-refractivity contribution in [3.63, 3.8) is 0 Å². The van der Waals surface area contributed by atoms with E-state index in [0.29, 0.717) is 25.2 Å². The van der Waals surface area contributed by atoms with Crippen molar-refractivity contribution < 1.29 is 13.2 Å². The van der Waals surface area contributed by atoms with E-state index in [-0.39, 0.29) is 17.2 Å². The first-order chi connectivity index (χ1) is 9.95. The van der Waals surface area contributed by atoms with Crippen LogP contribution in [0, 0.1) is 0 Å². The van der Waals surface area contributed by atoms with E-state index in [0.717, 1.165) is 13.0 Å². The molecule has 0 saturated carbocycles. The maximum atomic E-state index is 12.8. The Kier molecular flexibility index (Phi) is 5.37. The predicted molar refractivity (Wildman–Crippen MR) is 79.4 cm³/mol. The number of H-pyrrole nitrogens is 1. The molecule has 0 aromatic carbocycles. The van der Waals surface area contributed by atoms with Gasteiger partial charge in [-0.05, 0) is 26.8 Å². The van der Waals surface area contributed by atoms with Crippen molar-refractivity contribution in [1.82, 2.24) is 19.8 Å². The lowest BCUT2D eigenvalue weighted by atomic mass is 10.3. The number of hydrogen-bond acceptors (Lipinski definition) is 5. The van der Waals surface area contributed by atoms with Crippen molar-refractivity contribution in [3.05, 3.63) is 11.8 Å². The number of nitrogens with one attached hydrogen (secondary N) is 2. The highest BCUT2D eigenvalue weighted by molar-refractivity contribution is 7.89. The second kappa shape index (κ2) is 6.87. The van der Waals surface area contributed by atoms with Crippen molar-refractivity contribution in [2.75, 3.05) is 19.6 Å². The molecule has 1 aliphatic heterocycles. The Hall–Kier alpha value is -0.960. The molecule has 1 saturated heterocycles. The smallest absolute Gasteiger partial charge is 0.260 e. The fourth-order valence-electron chi connectivity index (χ4n) is 2.50. The highest BCUT2D eigenvalue weighted by Crippen LogP contribution is 2.22. The van der Waals surface area contributed by atoms with Gasteiger partial charge in [0.25, 0.3) is 10.0 Å². The molecule has 2 rings (SSSR count). The number of nitrogens with zero attached hydrogens (tertiary/aromatic N) is 2. The maximum Gasteiger partial charge on any atom is 0.260 e. The van der Waals surface area contributed by atoms with Gasteiger partial charge in [0.05, 0.1) is 18.4 Å². The van der Waals surface area contributed by atoms with Crippen molar-refractivity contribution >= 4 is 10.0 Å². The van der Waals surface area contributed by atoms with E-state index in [1.807, 2.05) is 13.8 Å². The molecule has 0 amide bonds. The fourth-order valence-corrected chi connectivity index (χ4v) is 4.20. The van der Waals surface area contributed by atoms with Gasteiger partial charge in [0.15, 0.2) is 5.03 Å². The van der Waals surface area contributed by atoms with Gasteiger partial charge in [0.2, 0.25) is 0 Å². The van der Waals surface area contributed by atoms with Crippen LogP contribution in [-0.2, 0) is 21.3 Å². The van der Waals surface area contributed by atoms with Crippen LogP contribution in [0.15, 0.2) is 11.2 Å². The van der Waals surface area contributed by atoms with Crippen LogP contribution in [-0.4, -0.2) is 54.8 Å². The lowest BCUT2D eigenvalue weighted by Gasteiger charge is -2.34. The number of aromatic amines is 1. The van der Waals surface area contributed by atoms with Crippen LogP contribution in [0.3, 0.4) is 0 Å². The number of rotatable bonds is 6. The lowest BCUT2D eigenvalue weighted by Crippen LogP contribution is -2.48. The minimum Gasteiger partial charge on any atom is -0.373 e. The van der Waals surface area contributed by atoms with Crippen LogP contribution >= 0.6 is 0 Å². The zero-order valence-corrected chi connectivity index (χ0v) is 13.6. The summed E-state index contributed by atoms with van der Waals surface area (Å²) in [5, 5.41) is 9.93. The molecule has 21 heavy (non-hydrogen) atoms. The Balaban J connectivity index is 2.17. The van der Waals surface area contributed by atoms with Crippen molar-refractivity contribution in [2.45, 2.75) is 51.0 Å². The zero-order chi connectivity index (χ0) is 15.5. The number of morpholine rings is 1. The van der Waals surface area contributed by atoms with E-state index in [1.54, 1.807) is 6.20 Å². The molecule has 2 N–H and O–H groups in total. The number of aromatic nitrogens is 2. The molecule has 120 valence electrons. The van der Waals surface area contributed by atoms with E-state index < -0.39 is 10.0 Å². The van der Waals surface area contributed by atoms with Gasteiger partial charge in [0, 0.05) is 25.2 Å². The van der Waals surface area contributed by atoms with Crippen LogP contribution in [0.25, 0.3) is 0 Å².